The molecule has 13 nitrogen and oxygen atoms in total. The van der Waals surface area contributed by atoms with Crippen molar-refractivity contribution in [2.75, 3.05) is 45.2 Å². The molecule has 2 heterocycles. The number of anilines is 1. The van der Waals surface area contributed by atoms with E-state index < -0.39 is 29.0 Å². The van der Waals surface area contributed by atoms with E-state index >= 15 is 0 Å². The largest absolute Gasteiger partial charge is 0.496 e. The van der Waals surface area contributed by atoms with Gasteiger partial charge in [0.1, 0.15) is 22.7 Å². The third-order valence-corrected chi connectivity index (χ3v) is 6.17. The molecule has 0 bridgehead atoms. The first kappa shape index (κ1) is 30.4. The Morgan fingerprint density at radius 1 is 1.02 bits per heavy atom. The molecule has 4 amide bonds. The standard InChI is InChI=1S/C27H38N6O7/c1-26(2,3)40-25(38)30-27(4,5)22(35)31-12-14-32(15-13-31)23(36)28-21-9-11-33(24(37)29-21)19-8-7-18(10-16-34)20(17-19)39-6/h7-9,11,17,34H,10,12-16H2,1-6H3,(H,30,38)(H,28,29,36,37). The van der Waals surface area contributed by atoms with Crippen LogP contribution in [0.25, 0.3) is 5.69 Å². The molecule has 0 aliphatic carbocycles. The summed E-state index contributed by atoms with van der Waals surface area (Å²) in [6.07, 6.45) is 1.24. The molecule has 0 atom stereocenters. The van der Waals surface area contributed by atoms with Gasteiger partial charge < -0.3 is 29.7 Å². The second-order valence-corrected chi connectivity index (χ2v) is 10.9. The quantitative estimate of drug-likeness (QED) is 0.464. The summed E-state index contributed by atoms with van der Waals surface area (Å²) in [7, 11) is 1.51. The van der Waals surface area contributed by atoms with Gasteiger partial charge in [-0.3, -0.25) is 14.7 Å². The van der Waals surface area contributed by atoms with E-state index in [1.54, 1.807) is 57.7 Å². The van der Waals surface area contributed by atoms with Gasteiger partial charge in [-0.2, -0.15) is 4.98 Å². The van der Waals surface area contributed by atoms with E-state index in [4.69, 9.17) is 9.47 Å². The minimum absolute atomic E-state index is 0.0275. The average molecular weight is 559 g/mol. The first-order valence-corrected chi connectivity index (χ1v) is 13.0. The van der Waals surface area contributed by atoms with Crippen LogP contribution in [-0.4, -0.2) is 93.5 Å². The highest BCUT2D eigenvalue weighted by atomic mass is 16.6. The highest BCUT2D eigenvalue weighted by molar-refractivity contribution is 5.90. The fraction of sp³-hybridized carbons (Fsp3) is 0.519. The van der Waals surface area contributed by atoms with E-state index in [9.17, 15) is 24.3 Å². The van der Waals surface area contributed by atoms with Crippen molar-refractivity contribution in [2.45, 2.75) is 52.2 Å². The van der Waals surface area contributed by atoms with Crippen LogP contribution in [0.2, 0.25) is 0 Å². The van der Waals surface area contributed by atoms with Crippen LogP contribution in [0.4, 0.5) is 15.4 Å². The molecule has 13 heteroatoms. The lowest BCUT2D eigenvalue weighted by Crippen LogP contribution is -2.60. The molecule has 0 unspecified atom stereocenters. The van der Waals surface area contributed by atoms with E-state index in [0.29, 0.717) is 17.9 Å². The van der Waals surface area contributed by atoms with Crippen LogP contribution in [-0.2, 0) is 16.0 Å². The molecule has 3 N–H and O–H groups in total. The molecule has 1 aromatic heterocycles. The van der Waals surface area contributed by atoms with Gasteiger partial charge in [0, 0.05) is 45.0 Å². The van der Waals surface area contributed by atoms with Gasteiger partial charge in [-0.05, 0) is 58.7 Å². The van der Waals surface area contributed by atoms with Crippen molar-refractivity contribution in [3.05, 3.63) is 46.5 Å². The number of aromatic nitrogens is 2. The van der Waals surface area contributed by atoms with Crippen molar-refractivity contribution < 1.29 is 29.0 Å². The van der Waals surface area contributed by atoms with Crippen molar-refractivity contribution in [2.24, 2.45) is 0 Å². The van der Waals surface area contributed by atoms with Gasteiger partial charge in [0.15, 0.2) is 0 Å². The summed E-state index contributed by atoms with van der Waals surface area (Å²) in [6, 6.07) is 6.24. The Kier molecular flexibility index (Phi) is 9.40. The van der Waals surface area contributed by atoms with Crippen molar-refractivity contribution in [3.63, 3.8) is 0 Å². The van der Waals surface area contributed by atoms with Crippen LogP contribution < -0.4 is 21.1 Å². The van der Waals surface area contributed by atoms with Gasteiger partial charge >= 0.3 is 17.8 Å². The predicted octanol–water partition coefficient (Wildman–Crippen LogP) is 1.76. The minimum Gasteiger partial charge on any atom is -0.496 e. The fourth-order valence-corrected chi connectivity index (χ4v) is 4.19. The number of piperazine rings is 1. The Hall–Kier alpha value is -4.13. The summed E-state index contributed by atoms with van der Waals surface area (Å²) in [5.41, 5.74) is -1.14. The number of hydrogen-bond donors (Lipinski definition) is 3. The molecule has 1 saturated heterocycles. The zero-order valence-corrected chi connectivity index (χ0v) is 23.8. The van der Waals surface area contributed by atoms with Crippen LogP contribution >= 0.6 is 0 Å². The molecule has 1 aliphatic heterocycles. The normalized spacial score (nSPS) is 14.0. The molecule has 40 heavy (non-hydrogen) atoms. The van der Waals surface area contributed by atoms with Crippen LogP contribution in [0.3, 0.4) is 0 Å². The number of nitrogens with one attached hydrogen (secondary N) is 2. The molecule has 1 fully saturated rings. The van der Waals surface area contributed by atoms with Gasteiger partial charge in [-0.25, -0.2) is 14.4 Å². The summed E-state index contributed by atoms with van der Waals surface area (Å²) in [5, 5.41) is 14.4. The van der Waals surface area contributed by atoms with E-state index in [1.807, 2.05) is 0 Å². The lowest BCUT2D eigenvalue weighted by atomic mass is 10.0. The Bertz CT molecular complexity index is 1290. The summed E-state index contributed by atoms with van der Waals surface area (Å²) in [4.78, 5) is 57.8. The summed E-state index contributed by atoms with van der Waals surface area (Å²) >= 11 is 0. The van der Waals surface area contributed by atoms with E-state index in [-0.39, 0.29) is 44.5 Å². The molecule has 2 aromatic rings. The number of ether oxygens (including phenoxy) is 2. The highest BCUT2D eigenvalue weighted by Crippen LogP contribution is 2.22. The number of methoxy groups -OCH3 is 1. The van der Waals surface area contributed by atoms with Crippen molar-refractivity contribution in [3.8, 4) is 11.4 Å². The number of benzene rings is 1. The first-order chi connectivity index (χ1) is 18.7. The Morgan fingerprint density at radius 3 is 2.25 bits per heavy atom. The maximum Gasteiger partial charge on any atom is 0.408 e. The monoisotopic (exact) mass is 558 g/mol. The SMILES string of the molecule is COc1cc(-n2ccc(NC(=O)N3CCN(C(=O)C(C)(C)NC(=O)OC(C)(C)C)CC3)nc2=O)ccc1CCO. The number of urea groups is 1. The average Bonchev–Trinajstić information content (AvgIpc) is 2.87. The van der Waals surface area contributed by atoms with Crippen LogP contribution in [0.15, 0.2) is 35.3 Å². The van der Waals surface area contributed by atoms with Crippen molar-refractivity contribution in [1.82, 2.24) is 24.7 Å². The highest BCUT2D eigenvalue weighted by Gasteiger charge is 2.36. The molecule has 0 saturated carbocycles. The van der Waals surface area contributed by atoms with E-state index in [2.05, 4.69) is 15.6 Å². The maximum absolute atomic E-state index is 13.0. The number of aliphatic hydroxyl groups excluding tert-OH is 1. The topological polar surface area (TPSA) is 155 Å². The number of carbonyl (C=O) groups excluding carboxylic acids is 3. The number of amides is 4. The van der Waals surface area contributed by atoms with Crippen LogP contribution in [0.1, 0.15) is 40.2 Å². The summed E-state index contributed by atoms with van der Waals surface area (Å²) < 4.78 is 11.9. The maximum atomic E-state index is 13.0. The lowest BCUT2D eigenvalue weighted by Gasteiger charge is -2.38. The second-order valence-electron chi connectivity index (χ2n) is 10.9. The smallest absolute Gasteiger partial charge is 0.408 e. The third kappa shape index (κ3) is 7.72. The molecule has 3 rings (SSSR count). The number of hydrogen-bond acceptors (Lipinski definition) is 8. The van der Waals surface area contributed by atoms with Gasteiger partial charge in [-0.15, -0.1) is 0 Å². The molecular formula is C27H38N6O7. The predicted molar refractivity (Wildman–Crippen MR) is 148 cm³/mol. The second kappa shape index (κ2) is 12.4. The van der Waals surface area contributed by atoms with Crippen LogP contribution in [0, 0.1) is 0 Å². The van der Waals surface area contributed by atoms with Gasteiger partial charge in [0.25, 0.3) is 0 Å². The molecular weight excluding hydrogens is 520 g/mol. The number of carbonyl (C=O) groups is 3. The Morgan fingerprint density at radius 2 is 1.68 bits per heavy atom. The number of nitrogens with zero attached hydrogens (tertiary/aromatic N) is 4. The van der Waals surface area contributed by atoms with Crippen molar-refractivity contribution >= 4 is 23.8 Å². The lowest BCUT2D eigenvalue weighted by molar-refractivity contribution is -0.138. The number of alkyl carbamates (subject to hydrolysis) is 1. The Balaban J connectivity index is 1.58. The minimum atomic E-state index is -1.19. The van der Waals surface area contributed by atoms with E-state index in [0.717, 1.165) is 5.56 Å². The van der Waals surface area contributed by atoms with Gasteiger partial charge in [0.05, 0.1) is 12.8 Å². The van der Waals surface area contributed by atoms with Crippen LogP contribution in [0.5, 0.6) is 5.75 Å². The van der Waals surface area contributed by atoms with Crippen molar-refractivity contribution in [1.29, 1.82) is 0 Å². The third-order valence-electron chi connectivity index (χ3n) is 6.17. The van der Waals surface area contributed by atoms with Gasteiger partial charge in [-0.1, -0.05) is 6.07 Å². The summed E-state index contributed by atoms with van der Waals surface area (Å²) in [6.45, 7) is 9.46. The van der Waals surface area contributed by atoms with E-state index in [1.165, 1.54) is 28.8 Å². The molecule has 1 aliphatic rings. The Labute approximate surface area is 233 Å². The molecule has 1 aromatic carbocycles. The fourth-order valence-electron chi connectivity index (χ4n) is 4.19. The zero-order valence-electron chi connectivity index (χ0n) is 23.8. The number of aliphatic hydroxyl groups is 1. The first-order valence-electron chi connectivity index (χ1n) is 13.0. The molecule has 0 radical (unpaired) electrons. The van der Waals surface area contributed by atoms with Gasteiger partial charge in [0.2, 0.25) is 5.91 Å². The number of rotatable bonds is 7. The zero-order chi connectivity index (χ0) is 29.7. The molecule has 218 valence electrons. The molecule has 0 spiro atoms. The summed E-state index contributed by atoms with van der Waals surface area (Å²) in [5.74, 6) is 0.346.